The number of pyridine rings is 1. The third-order valence-corrected chi connectivity index (χ3v) is 4.63. The molecule has 1 aliphatic rings. The largest absolute Gasteiger partial charge is 0.467 e. The van der Waals surface area contributed by atoms with E-state index >= 15 is 0 Å². The van der Waals surface area contributed by atoms with Gasteiger partial charge in [0.1, 0.15) is 5.76 Å². The van der Waals surface area contributed by atoms with Gasteiger partial charge in [-0.15, -0.1) is 0 Å². The minimum absolute atomic E-state index is 0.0995. The molecule has 2 amide bonds. The summed E-state index contributed by atoms with van der Waals surface area (Å²) in [5.74, 6) is -0.0636. The molecule has 1 N–H and O–H groups in total. The summed E-state index contributed by atoms with van der Waals surface area (Å²) in [6.07, 6.45) is 5.16. The monoisotopic (exact) mass is 361 g/mol. The number of benzene rings is 1. The van der Waals surface area contributed by atoms with Crippen molar-refractivity contribution >= 4 is 17.5 Å². The van der Waals surface area contributed by atoms with E-state index in [2.05, 4.69) is 10.3 Å². The smallest absolute Gasteiger partial charge is 0.231 e. The van der Waals surface area contributed by atoms with Crippen molar-refractivity contribution in [1.82, 2.24) is 9.88 Å². The molecule has 4 rings (SSSR count). The van der Waals surface area contributed by atoms with Gasteiger partial charge < -0.3 is 14.6 Å². The van der Waals surface area contributed by atoms with Gasteiger partial charge in [-0.25, -0.2) is 0 Å². The van der Waals surface area contributed by atoms with Crippen molar-refractivity contribution in [1.29, 1.82) is 0 Å². The Morgan fingerprint density at radius 2 is 2.04 bits per heavy atom. The molecule has 3 aromatic rings. The first-order chi connectivity index (χ1) is 13.2. The third-order valence-electron chi connectivity index (χ3n) is 4.63. The number of amides is 2. The molecule has 1 unspecified atom stereocenters. The molecule has 136 valence electrons. The number of hydrogen-bond acceptors (Lipinski definition) is 4. The van der Waals surface area contributed by atoms with Crippen LogP contribution in [0, 0.1) is 0 Å². The molecule has 0 bridgehead atoms. The van der Waals surface area contributed by atoms with E-state index < -0.39 is 5.92 Å². The Kier molecular flexibility index (Phi) is 4.70. The van der Waals surface area contributed by atoms with Crippen LogP contribution in [-0.4, -0.2) is 21.7 Å². The maximum Gasteiger partial charge on any atom is 0.231 e. The second kappa shape index (κ2) is 7.45. The molecule has 27 heavy (non-hydrogen) atoms. The minimum atomic E-state index is -0.512. The standard InChI is InChI=1S/C21H19N3O3/c25-20-11-18(17-7-1-2-8-19(17)23-20)21(26)24(14-16-6-4-10-27-16)13-15-5-3-9-22-12-15/h1-10,12,18H,11,13-14H2,(H,23,25). The summed E-state index contributed by atoms with van der Waals surface area (Å²) in [7, 11) is 0. The molecule has 1 aromatic carbocycles. The highest BCUT2D eigenvalue weighted by atomic mass is 16.3. The fourth-order valence-corrected chi connectivity index (χ4v) is 3.37. The lowest BCUT2D eigenvalue weighted by molar-refractivity contribution is -0.136. The molecule has 2 aromatic heterocycles. The lowest BCUT2D eigenvalue weighted by atomic mass is 9.89. The Balaban J connectivity index is 1.65. The van der Waals surface area contributed by atoms with Gasteiger partial charge in [-0.3, -0.25) is 14.6 Å². The molecular formula is C21H19N3O3. The van der Waals surface area contributed by atoms with Crippen molar-refractivity contribution in [2.75, 3.05) is 5.32 Å². The number of aromatic nitrogens is 1. The SMILES string of the molecule is O=C1CC(C(=O)N(Cc2cccnc2)Cc2ccco2)c2ccccc2N1. The van der Waals surface area contributed by atoms with Gasteiger partial charge in [0.15, 0.2) is 0 Å². The van der Waals surface area contributed by atoms with Gasteiger partial charge in [-0.05, 0) is 35.4 Å². The van der Waals surface area contributed by atoms with E-state index in [9.17, 15) is 9.59 Å². The normalized spacial score (nSPS) is 15.7. The van der Waals surface area contributed by atoms with E-state index in [4.69, 9.17) is 4.42 Å². The Hall–Kier alpha value is -3.41. The first-order valence-electron chi connectivity index (χ1n) is 8.79. The van der Waals surface area contributed by atoms with Crippen molar-refractivity contribution < 1.29 is 14.0 Å². The highest BCUT2D eigenvalue weighted by molar-refractivity contribution is 6.01. The number of para-hydroxylation sites is 1. The molecule has 1 aliphatic heterocycles. The van der Waals surface area contributed by atoms with E-state index in [1.807, 2.05) is 42.5 Å². The number of carbonyl (C=O) groups is 2. The van der Waals surface area contributed by atoms with E-state index in [1.165, 1.54) is 0 Å². The van der Waals surface area contributed by atoms with Crippen LogP contribution in [0.5, 0.6) is 0 Å². The Labute approximate surface area is 156 Å². The van der Waals surface area contributed by atoms with Crippen LogP contribution in [0.4, 0.5) is 5.69 Å². The second-order valence-corrected chi connectivity index (χ2v) is 6.53. The molecular weight excluding hydrogens is 342 g/mol. The number of furan rings is 1. The maximum absolute atomic E-state index is 13.4. The van der Waals surface area contributed by atoms with Gasteiger partial charge in [-0.2, -0.15) is 0 Å². The predicted molar refractivity (Wildman–Crippen MR) is 99.6 cm³/mol. The Bertz CT molecular complexity index is 938. The van der Waals surface area contributed by atoms with Gasteiger partial charge in [0.2, 0.25) is 11.8 Å². The fraction of sp³-hybridized carbons (Fsp3) is 0.190. The highest BCUT2D eigenvalue weighted by Gasteiger charge is 2.33. The minimum Gasteiger partial charge on any atom is -0.467 e. The van der Waals surface area contributed by atoms with Crippen molar-refractivity contribution in [2.45, 2.75) is 25.4 Å². The zero-order valence-electron chi connectivity index (χ0n) is 14.7. The summed E-state index contributed by atoms with van der Waals surface area (Å²) in [5, 5.41) is 2.84. The van der Waals surface area contributed by atoms with Gasteiger partial charge >= 0.3 is 0 Å². The molecule has 0 aliphatic carbocycles. The number of carbonyl (C=O) groups excluding carboxylic acids is 2. The molecule has 6 nitrogen and oxygen atoms in total. The zero-order valence-corrected chi connectivity index (χ0v) is 14.7. The van der Waals surface area contributed by atoms with E-state index in [1.54, 1.807) is 29.6 Å². The molecule has 0 fully saturated rings. The van der Waals surface area contributed by atoms with Crippen LogP contribution >= 0.6 is 0 Å². The summed E-state index contributed by atoms with van der Waals surface area (Å²) >= 11 is 0. The van der Waals surface area contributed by atoms with E-state index in [0.717, 1.165) is 11.1 Å². The molecule has 0 saturated heterocycles. The van der Waals surface area contributed by atoms with Crippen molar-refractivity contribution in [2.24, 2.45) is 0 Å². The lowest BCUT2D eigenvalue weighted by Gasteiger charge is -2.30. The van der Waals surface area contributed by atoms with Crippen LogP contribution in [0.2, 0.25) is 0 Å². The maximum atomic E-state index is 13.4. The number of anilines is 1. The van der Waals surface area contributed by atoms with Gasteiger partial charge in [-0.1, -0.05) is 24.3 Å². The Morgan fingerprint density at radius 1 is 1.15 bits per heavy atom. The van der Waals surface area contributed by atoms with Crippen LogP contribution in [0.15, 0.2) is 71.6 Å². The summed E-state index contributed by atoms with van der Waals surface area (Å²) in [6.45, 7) is 0.731. The van der Waals surface area contributed by atoms with E-state index in [-0.39, 0.29) is 18.2 Å². The van der Waals surface area contributed by atoms with Gasteiger partial charge in [0, 0.05) is 31.0 Å². The summed E-state index contributed by atoms with van der Waals surface area (Å²) in [4.78, 5) is 31.4. The van der Waals surface area contributed by atoms with Crippen molar-refractivity contribution in [3.8, 4) is 0 Å². The molecule has 0 spiro atoms. The second-order valence-electron chi connectivity index (χ2n) is 6.53. The van der Waals surface area contributed by atoms with Crippen LogP contribution in [0.25, 0.3) is 0 Å². The molecule has 0 saturated carbocycles. The number of hydrogen-bond donors (Lipinski definition) is 1. The van der Waals surface area contributed by atoms with Crippen LogP contribution < -0.4 is 5.32 Å². The Morgan fingerprint density at radius 3 is 2.81 bits per heavy atom. The molecule has 1 atom stereocenters. The van der Waals surface area contributed by atoms with Crippen LogP contribution in [-0.2, 0) is 22.7 Å². The number of fused-ring (bicyclic) bond motifs is 1. The topological polar surface area (TPSA) is 75.4 Å². The fourth-order valence-electron chi connectivity index (χ4n) is 3.37. The zero-order chi connectivity index (χ0) is 18.6. The molecule has 3 heterocycles. The van der Waals surface area contributed by atoms with Crippen LogP contribution in [0.3, 0.4) is 0 Å². The third kappa shape index (κ3) is 3.74. The average molecular weight is 361 g/mol. The number of nitrogens with one attached hydrogen (secondary N) is 1. The van der Waals surface area contributed by atoms with E-state index in [0.29, 0.717) is 24.5 Å². The van der Waals surface area contributed by atoms with Crippen molar-refractivity contribution in [3.05, 3.63) is 84.1 Å². The first kappa shape index (κ1) is 17.0. The van der Waals surface area contributed by atoms with Crippen LogP contribution in [0.1, 0.15) is 29.2 Å². The molecule has 0 radical (unpaired) electrons. The van der Waals surface area contributed by atoms with Gasteiger partial charge in [0.25, 0.3) is 0 Å². The summed E-state index contributed by atoms with van der Waals surface area (Å²) in [5.41, 5.74) is 2.47. The average Bonchev–Trinajstić information content (AvgIpc) is 3.20. The lowest BCUT2D eigenvalue weighted by Crippen LogP contribution is -2.38. The quantitative estimate of drug-likeness (QED) is 0.756. The predicted octanol–water partition coefficient (Wildman–Crippen LogP) is 3.33. The van der Waals surface area contributed by atoms with Gasteiger partial charge in [0.05, 0.1) is 18.7 Å². The first-order valence-corrected chi connectivity index (χ1v) is 8.79. The summed E-state index contributed by atoms with van der Waals surface area (Å²) in [6, 6.07) is 14.9. The molecule has 6 heteroatoms. The highest BCUT2D eigenvalue weighted by Crippen LogP contribution is 2.34. The number of rotatable bonds is 5. The summed E-state index contributed by atoms with van der Waals surface area (Å²) < 4.78 is 5.44. The van der Waals surface area contributed by atoms with Crippen molar-refractivity contribution in [3.63, 3.8) is 0 Å². The number of nitrogens with zero attached hydrogens (tertiary/aromatic N) is 2.